The molecule has 0 radical (unpaired) electrons. The molecule has 1 heterocycles. The molecule has 0 fully saturated rings. The molecule has 1 amide bonds. The molecule has 0 aliphatic carbocycles. The van der Waals surface area contributed by atoms with Crippen LogP contribution in [0.2, 0.25) is 0 Å². The van der Waals surface area contributed by atoms with Gasteiger partial charge in [0.25, 0.3) is 0 Å². The number of para-hydroxylation sites is 2. The van der Waals surface area contributed by atoms with Crippen LogP contribution in [0.1, 0.15) is 6.42 Å². The van der Waals surface area contributed by atoms with E-state index in [9.17, 15) is 4.79 Å². The van der Waals surface area contributed by atoms with Crippen LogP contribution in [0, 0.1) is 0 Å². The number of amides is 1. The molecule has 0 aliphatic rings. The Bertz CT molecular complexity index is 526. The van der Waals surface area contributed by atoms with E-state index in [-0.39, 0.29) is 18.3 Å². The number of likely N-dealkylation sites (N-methyl/N-ethyl adjacent to an activating group) is 1. The second kappa shape index (κ2) is 7.76. The number of imidazole rings is 1. The van der Waals surface area contributed by atoms with Crippen molar-refractivity contribution in [2.45, 2.75) is 13.0 Å². The van der Waals surface area contributed by atoms with Crippen molar-refractivity contribution in [2.75, 3.05) is 20.1 Å². The first-order chi connectivity index (χ1) is 8.81. The van der Waals surface area contributed by atoms with Crippen molar-refractivity contribution in [3.63, 3.8) is 0 Å². The summed E-state index contributed by atoms with van der Waals surface area (Å²) in [5, 5.41) is 5.68. The van der Waals surface area contributed by atoms with Crippen LogP contribution in [0.5, 0.6) is 0 Å². The fourth-order valence-corrected chi connectivity index (χ4v) is 1.89. The standard InChI is InChI=1S/C13H18N4O.ClH/c1-14-9-13(18)15-7-4-8-17-10-16-11-5-2-3-6-12(11)17;/h2-3,5-6,10,14H,4,7-9H2,1H3,(H,15,18);1H. The zero-order valence-corrected chi connectivity index (χ0v) is 11.7. The summed E-state index contributed by atoms with van der Waals surface area (Å²) in [5.41, 5.74) is 2.15. The van der Waals surface area contributed by atoms with E-state index in [2.05, 4.69) is 26.3 Å². The van der Waals surface area contributed by atoms with Gasteiger partial charge in [-0.2, -0.15) is 0 Å². The van der Waals surface area contributed by atoms with E-state index in [0.29, 0.717) is 13.1 Å². The third-order valence-electron chi connectivity index (χ3n) is 2.76. The number of nitrogens with zero attached hydrogens (tertiary/aromatic N) is 2. The monoisotopic (exact) mass is 282 g/mol. The zero-order valence-electron chi connectivity index (χ0n) is 10.9. The maximum absolute atomic E-state index is 11.2. The highest BCUT2D eigenvalue weighted by Crippen LogP contribution is 2.11. The third kappa shape index (κ3) is 4.22. The molecule has 6 heteroatoms. The number of benzene rings is 1. The predicted molar refractivity (Wildman–Crippen MR) is 78.5 cm³/mol. The molecule has 2 N–H and O–H groups in total. The van der Waals surface area contributed by atoms with Crippen LogP contribution >= 0.6 is 12.4 Å². The van der Waals surface area contributed by atoms with Gasteiger partial charge in [0.15, 0.2) is 0 Å². The van der Waals surface area contributed by atoms with Crippen molar-refractivity contribution in [1.29, 1.82) is 0 Å². The van der Waals surface area contributed by atoms with Gasteiger partial charge < -0.3 is 15.2 Å². The lowest BCUT2D eigenvalue weighted by Crippen LogP contribution is -2.33. The van der Waals surface area contributed by atoms with Crippen molar-refractivity contribution in [2.24, 2.45) is 0 Å². The number of nitrogens with one attached hydrogen (secondary N) is 2. The van der Waals surface area contributed by atoms with Gasteiger partial charge in [-0.3, -0.25) is 4.79 Å². The highest BCUT2D eigenvalue weighted by atomic mass is 35.5. The summed E-state index contributed by atoms with van der Waals surface area (Å²) in [7, 11) is 1.76. The normalized spacial score (nSPS) is 10.2. The van der Waals surface area contributed by atoms with E-state index >= 15 is 0 Å². The minimum absolute atomic E-state index is 0. The van der Waals surface area contributed by atoms with Crippen LogP contribution in [0.15, 0.2) is 30.6 Å². The summed E-state index contributed by atoms with van der Waals surface area (Å²) in [6.07, 6.45) is 2.75. The number of halogens is 1. The Morgan fingerprint density at radius 2 is 2.16 bits per heavy atom. The Morgan fingerprint density at radius 1 is 1.37 bits per heavy atom. The summed E-state index contributed by atoms with van der Waals surface area (Å²) in [6.45, 7) is 1.92. The third-order valence-corrected chi connectivity index (χ3v) is 2.76. The van der Waals surface area contributed by atoms with Crippen LogP contribution < -0.4 is 10.6 Å². The molecule has 2 rings (SSSR count). The van der Waals surface area contributed by atoms with Crippen molar-refractivity contribution >= 4 is 29.3 Å². The van der Waals surface area contributed by atoms with Crippen LogP contribution in [-0.4, -0.2) is 35.6 Å². The summed E-state index contributed by atoms with van der Waals surface area (Å²) in [6, 6.07) is 8.05. The van der Waals surface area contributed by atoms with Gasteiger partial charge in [-0.15, -0.1) is 12.4 Å². The van der Waals surface area contributed by atoms with Gasteiger partial charge in [0.1, 0.15) is 0 Å². The van der Waals surface area contributed by atoms with Crippen LogP contribution in [0.3, 0.4) is 0 Å². The minimum Gasteiger partial charge on any atom is -0.355 e. The molecular weight excluding hydrogens is 264 g/mol. The molecule has 0 unspecified atom stereocenters. The summed E-state index contributed by atoms with van der Waals surface area (Å²) in [5.74, 6) is 0.0352. The number of aryl methyl sites for hydroxylation is 1. The average Bonchev–Trinajstić information content (AvgIpc) is 2.78. The lowest BCUT2D eigenvalue weighted by Gasteiger charge is -2.06. The van der Waals surface area contributed by atoms with E-state index < -0.39 is 0 Å². The van der Waals surface area contributed by atoms with E-state index in [1.165, 1.54) is 0 Å². The minimum atomic E-state index is 0. The molecule has 0 atom stereocenters. The number of aromatic nitrogens is 2. The Labute approximate surface area is 118 Å². The van der Waals surface area contributed by atoms with Crippen molar-refractivity contribution in [3.8, 4) is 0 Å². The molecule has 19 heavy (non-hydrogen) atoms. The number of fused-ring (bicyclic) bond motifs is 1. The van der Waals surface area contributed by atoms with Gasteiger partial charge in [-0.1, -0.05) is 12.1 Å². The van der Waals surface area contributed by atoms with E-state index in [0.717, 1.165) is 24.0 Å². The fourth-order valence-electron chi connectivity index (χ4n) is 1.89. The topological polar surface area (TPSA) is 59.0 Å². The lowest BCUT2D eigenvalue weighted by atomic mass is 10.3. The van der Waals surface area contributed by atoms with Crippen molar-refractivity contribution in [3.05, 3.63) is 30.6 Å². The summed E-state index contributed by atoms with van der Waals surface area (Å²) in [4.78, 5) is 15.6. The molecule has 1 aromatic heterocycles. The molecule has 0 aliphatic heterocycles. The van der Waals surface area contributed by atoms with Gasteiger partial charge in [0.2, 0.25) is 5.91 Å². The van der Waals surface area contributed by atoms with Crippen molar-refractivity contribution in [1.82, 2.24) is 20.2 Å². The summed E-state index contributed by atoms with van der Waals surface area (Å²) >= 11 is 0. The quantitative estimate of drug-likeness (QED) is 0.783. The molecule has 1 aromatic carbocycles. The van der Waals surface area contributed by atoms with E-state index in [1.807, 2.05) is 24.5 Å². The molecule has 104 valence electrons. The molecule has 5 nitrogen and oxygen atoms in total. The maximum Gasteiger partial charge on any atom is 0.233 e. The molecular formula is C13H19ClN4O. The van der Waals surface area contributed by atoms with Gasteiger partial charge >= 0.3 is 0 Å². The lowest BCUT2D eigenvalue weighted by molar-refractivity contribution is -0.120. The first-order valence-corrected chi connectivity index (χ1v) is 6.12. The Balaban J connectivity index is 0.00000180. The molecule has 0 saturated carbocycles. The highest BCUT2D eigenvalue weighted by Gasteiger charge is 2.01. The van der Waals surface area contributed by atoms with Crippen LogP contribution in [0.4, 0.5) is 0 Å². The van der Waals surface area contributed by atoms with E-state index in [4.69, 9.17) is 0 Å². The number of carbonyl (C=O) groups excluding carboxylic acids is 1. The largest absolute Gasteiger partial charge is 0.355 e. The number of carbonyl (C=O) groups is 1. The molecule has 0 spiro atoms. The summed E-state index contributed by atoms with van der Waals surface area (Å²) < 4.78 is 2.11. The molecule has 0 saturated heterocycles. The molecule has 2 aromatic rings. The van der Waals surface area contributed by atoms with Gasteiger partial charge in [-0.25, -0.2) is 4.98 Å². The Morgan fingerprint density at radius 3 is 2.95 bits per heavy atom. The van der Waals surface area contributed by atoms with Crippen molar-refractivity contribution < 1.29 is 4.79 Å². The Hall–Kier alpha value is -1.59. The van der Waals surface area contributed by atoms with Gasteiger partial charge in [0, 0.05) is 13.1 Å². The van der Waals surface area contributed by atoms with Gasteiger partial charge in [0.05, 0.1) is 23.9 Å². The zero-order chi connectivity index (χ0) is 12.8. The number of rotatable bonds is 6. The first-order valence-electron chi connectivity index (χ1n) is 6.12. The Kier molecular flexibility index (Phi) is 6.32. The smallest absolute Gasteiger partial charge is 0.233 e. The number of hydrogen-bond acceptors (Lipinski definition) is 3. The maximum atomic E-state index is 11.2. The SMILES string of the molecule is CNCC(=O)NCCCn1cnc2ccccc21.Cl. The number of hydrogen-bond donors (Lipinski definition) is 2. The van der Waals surface area contributed by atoms with Crippen LogP contribution in [-0.2, 0) is 11.3 Å². The predicted octanol–water partition coefficient (Wildman–Crippen LogP) is 1.18. The van der Waals surface area contributed by atoms with E-state index in [1.54, 1.807) is 7.05 Å². The van der Waals surface area contributed by atoms with Crippen LogP contribution in [0.25, 0.3) is 11.0 Å². The molecule has 0 bridgehead atoms. The second-order valence-corrected chi connectivity index (χ2v) is 4.16. The fraction of sp³-hybridized carbons (Fsp3) is 0.385. The second-order valence-electron chi connectivity index (χ2n) is 4.16. The average molecular weight is 283 g/mol. The first kappa shape index (κ1) is 15.5. The highest BCUT2D eigenvalue weighted by molar-refractivity contribution is 5.85. The van der Waals surface area contributed by atoms with Gasteiger partial charge in [-0.05, 0) is 25.6 Å².